The van der Waals surface area contributed by atoms with Gasteiger partial charge >= 0.3 is 0 Å². The van der Waals surface area contributed by atoms with Gasteiger partial charge in [-0.05, 0) is 48.4 Å². The molecule has 0 saturated carbocycles. The van der Waals surface area contributed by atoms with Crippen LogP contribution in [0, 0.1) is 0 Å². The first-order chi connectivity index (χ1) is 9.58. The van der Waals surface area contributed by atoms with Crippen molar-refractivity contribution >= 4 is 38.3 Å². The maximum absolute atomic E-state index is 11.7. The third-order valence-corrected chi connectivity index (χ3v) is 3.77. The van der Waals surface area contributed by atoms with Crippen molar-refractivity contribution in [2.75, 3.05) is 11.9 Å². The van der Waals surface area contributed by atoms with Crippen LogP contribution >= 0.6 is 15.9 Å². The average molecular weight is 335 g/mol. The number of halogens is 1. The van der Waals surface area contributed by atoms with Crippen molar-refractivity contribution in [3.05, 3.63) is 40.9 Å². The molecule has 2 aromatic rings. The molecular formula is C16H19BrN2O. The van der Waals surface area contributed by atoms with E-state index in [1.165, 1.54) is 5.39 Å². The van der Waals surface area contributed by atoms with E-state index in [9.17, 15) is 4.79 Å². The Morgan fingerprint density at radius 3 is 2.65 bits per heavy atom. The molecule has 0 aromatic heterocycles. The maximum Gasteiger partial charge on any atom is 0.239 e. The summed E-state index contributed by atoms with van der Waals surface area (Å²) in [6, 6.07) is 12.5. The highest BCUT2D eigenvalue weighted by Crippen LogP contribution is 2.22. The Kier molecular flexibility index (Phi) is 5.01. The minimum Gasteiger partial charge on any atom is -0.376 e. The zero-order valence-electron chi connectivity index (χ0n) is 11.7. The fourth-order valence-corrected chi connectivity index (χ4v) is 2.32. The van der Waals surface area contributed by atoms with Crippen molar-refractivity contribution in [1.82, 2.24) is 5.32 Å². The molecule has 0 heterocycles. The van der Waals surface area contributed by atoms with E-state index < -0.39 is 0 Å². The van der Waals surface area contributed by atoms with Crippen molar-refractivity contribution in [1.29, 1.82) is 0 Å². The van der Waals surface area contributed by atoms with E-state index in [4.69, 9.17) is 0 Å². The largest absolute Gasteiger partial charge is 0.376 e. The summed E-state index contributed by atoms with van der Waals surface area (Å²) < 4.78 is 1.07. The Labute approximate surface area is 127 Å². The molecule has 20 heavy (non-hydrogen) atoms. The summed E-state index contributed by atoms with van der Waals surface area (Å²) in [6.45, 7) is 4.36. The summed E-state index contributed by atoms with van der Waals surface area (Å²) in [5.74, 6) is 0.0234. The number of benzene rings is 2. The van der Waals surface area contributed by atoms with Crippen LogP contribution in [0.2, 0.25) is 0 Å². The molecule has 0 bridgehead atoms. The first-order valence-corrected chi connectivity index (χ1v) is 7.60. The Balaban J connectivity index is 2.00. The SMILES string of the molecule is CCC(C)NC(=O)CNc1ccc2cc(Br)ccc2c1. The van der Waals surface area contributed by atoms with Crippen molar-refractivity contribution in [2.24, 2.45) is 0 Å². The predicted molar refractivity (Wildman–Crippen MR) is 88.0 cm³/mol. The standard InChI is InChI=1S/C16H19BrN2O/c1-3-11(2)19-16(20)10-18-15-7-5-12-8-14(17)6-4-13(12)9-15/h4-9,11,18H,3,10H2,1-2H3,(H,19,20). The molecule has 1 unspecified atom stereocenters. The molecule has 3 nitrogen and oxygen atoms in total. The van der Waals surface area contributed by atoms with E-state index in [0.29, 0.717) is 6.54 Å². The van der Waals surface area contributed by atoms with Crippen LogP contribution in [0.25, 0.3) is 10.8 Å². The molecule has 2 rings (SSSR count). The average Bonchev–Trinajstić information content (AvgIpc) is 2.44. The first-order valence-electron chi connectivity index (χ1n) is 6.81. The minimum absolute atomic E-state index is 0.0234. The summed E-state index contributed by atoms with van der Waals surface area (Å²) in [4.78, 5) is 11.7. The maximum atomic E-state index is 11.7. The number of amides is 1. The highest BCUT2D eigenvalue weighted by atomic mass is 79.9. The molecule has 0 radical (unpaired) electrons. The van der Waals surface area contributed by atoms with Gasteiger partial charge in [-0.15, -0.1) is 0 Å². The first kappa shape index (κ1) is 14.9. The third kappa shape index (κ3) is 3.97. The summed E-state index contributed by atoms with van der Waals surface area (Å²) in [6.07, 6.45) is 0.941. The number of carbonyl (C=O) groups excluding carboxylic acids is 1. The normalized spacial score (nSPS) is 12.2. The third-order valence-electron chi connectivity index (χ3n) is 3.28. The van der Waals surface area contributed by atoms with Gasteiger partial charge in [-0.2, -0.15) is 0 Å². The van der Waals surface area contributed by atoms with Gasteiger partial charge < -0.3 is 10.6 Å². The molecule has 0 aliphatic carbocycles. The van der Waals surface area contributed by atoms with Crippen LogP contribution in [-0.4, -0.2) is 18.5 Å². The molecule has 1 amide bonds. The van der Waals surface area contributed by atoms with Gasteiger partial charge in [-0.1, -0.05) is 35.0 Å². The number of nitrogens with one attached hydrogen (secondary N) is 2. The van der Waals surface area contributed by atoms with Gasteiger partial charge in [0.25, 0.3) is 0 Å². The van der Waals surface area contributed by atoms with Gasteiger partial charge in [0.1, 0.15) is 0 Å². The second kappa shape index (κ2) is 6.75. The molecule has 4 heteroatoms. The smallest absolute Gasteiger partial charge is 0.239 e. The molecule has 0 saturated heterocycles. The lowest BCUT2D eigenvalue weighted by Gasteiger charge is -2.12. The van der Waals surface area contributed by atoms with Crippen LogP contribution in [0.15, 0.2) is 40.9 Å². The van der Waals surface area contributed by atoms with Gasteiger partial charge in [0.2, 0.25) is 5.91 Å². The van der Waals surface area contributed by atoms with Gasteiger partial charge in [-0.3, -0.25) is 4.79 Å². The van der Waals surface area contributed by atoms with Crippen molar-refractivity contribution < 1.29 is 4.79 Å². The van der Waals surface area contributed by atoms with Crippen molar-refractivity contribution in [3.63, 3.8) is 0 Å². The Morgan fingerprint density at radius 1 is 1.20 bits per heavy atom. The van der Waals surface area contributed by atoms with Crippen molar-refractivity contribution in [2.45, 2.75) is 26.3 Å². The molecule has 2 N–H and O–H groups in total. The molecule has 0 aliphatic heterocycles. The minimum atomic E-state index is 0.0234. The lowest BCUT2D eigenvalue weighted by Crippen LogP contribution is -2.36. The van der Waals surface area contributed by atoms with Crippen LogP contribution in [0.4, 0.5) is 5.69 Å². The molecule has 106 valence electrons. The molecule has 0 fully saturated rings. The number of fused-ring (bicyclic) bond motifs is 1. The van der Waals surface area contributed by atoms with Crippen molar-refractivity contribution in [3.8, 4) is 0 Å². The quantitative estimate of drug-likeness (QED) is 0.869. The monoisotopic (exact) mass is 334 g/mol. The molecular weight excluding hydrogens is 316 g/mol. The van der Waals surface area contributed by atoms with E-state index in [1.54, 1.807) is 0 Å². The van der Waals surface area contributed by atoms with E-state index in [0.717, 1.165) is 22.0 Å². The summed E-state index contributed by atoms with van der Waals surface area (Å²) >= 11 is 3.46. The fraction of sp³-hybridized carbons (Fsp3) is 0.312. The molecule has 1 atom stereocenters. The molecule has 2 aromatic carbocycles. The Morgan fingerprint density at radius 2 is 1.90 bits per heavy atom. The van der Waals surface area contributed by atoms with Crippen LogP contribution in [-0.2, 0) is 4.79 Å². The summed E-state index contributed by atoms with van der Waals surface area (Å²) in [5.41, 5.74) is 0.958. The number of hydrogen-bond acceptors (Lipinski definition) is 2. The van der Waals surface area contributed by atoms with E-state index in [-0.39, 0.29) is 11.9 Å². The van der Waals surface area contributed by atoms with Crippen LogP contribution in [0.1, 0.15) is 20.3 Å². The summed E-state index contributed by atoms with van der Waals surface area (Å²) in [7, 11) is 0. The van der Waals surface area contributed by atoms with Gasteiger partial charge in [0.15, 0.2) is 0 Å². The van der Waals surface area contributed by atoms with Crippen LogP contribution < -0.4 is 10.6 Å². The van der Waals surface area contributed by atoms with Crippen LogP contribution in [0.5, 0.6) is 0 Å². The highest BCUT2D eigenvalue weighted by Gasteiger charge is 2.05. The number of carbonyl (C=O) groups is 1. The number of hydrogen-bond donors (Lipinski definition) is 2. The Bertz CT molecular complexity index is 612. The predicted octanol–water partition coefficient (Wildman–Crippen LogP) is 3.93. The fourth-order valence-electron chi connectivity index (χ4n) is 1.94. The zero-order chi connectivity index (χ0) is 14.5. The lowest BCUT2D eigenvalue weighted by atomic mass is 10.1. The number of anilines is 1. The van der Waals surface area contributed by atoms with Gasteiger partial charge in [0.05, 0.1) is 6.54 Å². The molecule has 0 spiro atoms. The second-order valence-corrected chi connectivity index (χ2v) is 5.85. The van der Waals surface area contributed by atoms with Gasteiger partial charge in [0, 0.05) is 16.2 Å². The van der Waals surface area contributed by atoms with Gasteiger partial charge in [-0.25, -0.2) is 0 Å². The zero-order valence-corrected chi connectivity index (χ0v) is 13.3. The second-order valence-electron chi connectivity index (χ2n) is 4.94. The number of rotatable bonds is 5. The highest BCUT2D eigenvalue weighted by molar-refractivity contribution is 9.10. The molecule has 0 aliphatic rings. The summed E-state index contributed by atoms with van der Waals surface area (Å²) in [5, 5.41) is 8.42. The van der Waals surface area contributed by atoms with Crippen LogP contribution in [0.3, 0.4) is 0 Å². The topological polar surface area (TPSA) is 41.1 Å². The van der Waals surface area contributed by atoms with E-state index >= 15 is 0 Å². The van der Waals surface area contributed by atoms with E-state index in [2.05, 4.69) is 57.8 Å². The Hall–Kier alpha value is -1.55. The van der Waals surface area contributed by atoms with E-state index in [1.807, 2.05) is 19.1 Å². The lowest BCUT2D eigenvalue weighted by molar-refractivity contribution is -0.120.